The predicted octanol–water partition coefficient (Wildman–Crippen LogP) is 5.32. The van der Waals surface area contributed by atoms with Crippen LogP contribution in [0, 0.1) is 41.4 Å². The Hall–Kier alpha value is -1.31. The van der Waals surface area contributed by atoms with Crippen molar-refractivity contribution < 1.29 is 5.11 Å². The summed E-state index contributed by atoms with van der Waals surface area (Å²) in [6.45, 7) is 7.09. The third kappa shape index (κ3) is 2.56. The van der Waals surface area contributed by atoms with Crippen molar-refractivity contribution in [2.75, 3.05) is 6.26 Å². The van der Waals surface area contributed by atoms with Gasteiger partial charge in [-0.3, -0.25) is 0 Å². The molecule has 0 amide bonds. The maximum Gasteiger partial charge on any atom is 0.114 e. The number of aromatic nitrogens is 1. The molecule has 4 heteroatoms. The lowest BCUT2D eigenvalue weighted by Crippen LogP contribution is -2.51. The summed E-state index contributed by atoms with van der Waals surface area (Å²) in [7, 11) is 0. The van der Waals surface area contributed by atoms with Gasteiger partial charge < -0.3 is 5.11 Å². The Morgan fingerprint density at radius 3 is 2.66 bits per heavy atom. The van der Waals surface area contributed by atoms with Crippen molar-refractivity contribution in [3.63, 3.8) is 0 Å². The summed E-state index contributed by atoms with van der Waals surface area (Å²) in [5, 5.41) is 21.1. The second kappa shape index (κ2) is 6.59. The van der Waals surface area contributed by atoms with Crippen LogP contribution in [-0.4, -0.2) is 22.5 Å². The van der Waals surface area contributed by atoms with Crippen LogP contribution in [0.5, 0.6) is 0 Å². The number of nitriles is 1. The van der Waals surface area contributed by atoms with Crippen LogP contribution in [0.3, 0.4) is 0 Å². The fourth-order valence-corrected chi connectivity index (χ4v) is 8.43. The van der Waals surface area contributed by atoms with Crippen LogP contribution in [0.4, 0.5) is 0 Å². The first-order valence-corrected chi connectivity index (χ1v) is 12.4. The molecule has 29 heavy (non-hydrogen) atoms. The summed E-state index contributed by atoms with van der Waals surface area (Å²) in [5.74, 6) is 1.98. The zero-order valence-corrected chi connectivity index (χ0v) is 18.9. The monoisotopic (exact) mass is 408 g/mol. The molecule has 1 heterocycles. The normalized spacial score (nSPS) is 40.2. The number of hydrogen-bond donors (Lipinski definition) is 1. The van der Waals surface area contributed by atoms with Crippen molar-refractivity contribution in [2.24, 2.45) is 23.2 Å². The van der Waals surface area contributed by atoms with Gasteiger partial charge >= 0.3 is 0 Å². The van der Waals surface area contributed by atoms with E-state index in [0.717, 1.165) is 48.4 Å². The summed E-state index contributed by atoms with van der Waals surface area (Å²) < 4.78 is 0. The number of aliphatic hydroxyl groups excluding tert-OH is 1. The zero-order chi connectivity index (χ0) is 20.6. The summed E-state index contributed by atoms with van der Waals surface area (Å²) >= 11 is 1.60. The van der Waals surface area contributed by atoms with Crippen molar-refractivity contribution in [3.05, 3.63) is 34.0 Å². The van der Waals surface area contributed by atoms with E-state index in [1.165, 1.54) is 29.5 Å². The van der Waals surface area contributed by atoms with Gasteiger partial charge in [0.1, 0.15) is 11.1 Å². The third-order valence-corrected chi connectivity index (χ3v) is 9.90. The molecule has 0 saturated heterocycles. The quantitative estimate of drug-likeness (QED) is 0.505. The highest BCUT2D eigenvalue weighted by Crippen LogP contribution is 2.64. The molecule has 0 radical (unpaired) electrons. The molecule has 1 N–H and O–H groups in total. The molecule has 3 nitrogen and oxygen atoms in total. The number of aliphatic hydroxyl groups is 1. The standard InChI is InChI=1S/C25H32N2OS/c1-14-22-18(19(13-26)23(27-14)29-4)12-21-17-6-5-15-11-16(28)7-9-24(15,2)20(17)8-10-25(21,22)3/h5,16-17,20-21,28H,6-12H2,1-4H3/t16-,17-,20+,21-,24-,25-/m0/s1. The fourth-order valence-electron chi connectivity index (χ4n) is 7.83. The average molecular weight is 409 g/mol. The number of rotatable bonds is 1. The van der Waals surface area contributed by atoms with E-state index in [4.69, 9.17) is 4.98 Å². The topological polar surface area (TPSA) is 56.9 Å². The van der Waals surface area contributed by atoms with Gasteiger partial charge in [0.05, 0.1) is 11.7 Å². The summed E-state index contributed by atoms with van der Waals surface area (Å²) in [4.78, 5) is 4.86. The summed E-state index contributed by atoms with van der Waals surface area (Å²) in [6.07, 6.45) is 11.9. The molecule has 5 rings (SSSR count). The minimum atomic E-state index is -0.146. The molecule has 1 aromatic rings. The number of pyridine rings is 1. The van der Waals surface area contributed by atoms with E-state index in [1.54, 1.807) is 11.8 Å². The highest BCUT2D eigenvalue weighted by Gasteiger charge is 2.58. The number of allylic oxidation sites excluding steroid dienone is 1. The third-order valence-electron chi connectivity index (χ3n) is 9.22. The minimum absolute atomic E-state index is 0.145. The summed E-state index contributed by atoms with van der Waals surface area (Å²) in [5.41, 5.74) is 6.61. The molecular weight excluding hydrogens is 376 g/mol. The molecule has 154 valence electrons. The molecule has 2 saturated carbocycles. The van der Waals surface area contributed by atoms with Crippen LogP contribution >= 0.6 is 11.8 Å². The number of thioether (sulfide) groups is 1. The lowest BCUT2D eigenvalue weighted by molar-refractivity contribution is -0.0164. The van der Waals surface area contributed by atoms with Gasteiger partial charge in [-0.1, -0.05) is 25.5 Å². The molecule has 0 aliphatic heterocycles. The molecule has 2 fully saturated rings. The lowest BCUT2D eigenvalue weighted by atomic mass is 9.47. The lowest BCUT2D eigenvalue weighted by Gasteiger charge is -2.57. The second-order valence-corrected chi connectivity index (χ2v) is 11.2. The van der Waals surface area contributed by atoms with E-state index >= 15 is 0 Å². The molecule has 0 spiro atoms. The Morgan fingerprint density at radius 1 is 1.17 bits per heavy atom. The van der Waals surface area contributed by atoms with E-state index in [2.05, 4.69) is 32.9 Å². The van der Waals surface area contributed by atoms with Gasteiger partial charge in [-0.15, -0.1) is 11.8 Å². The van der Waals surface area contributed by atoms with Crippen molar-refractivity contribution >= 4 is 11.8 Å². The number of fused-ring (bicyclic) bond motifs is 7. The smallest absolute Gasteiger partial charge is 0.114 e. The van der Waals surface area contributed by atoms with Crippen LogP contribution in [0.1, 0.15) is 74.8 Å². The molecule has 4 aliphatic rings. The zero-order valence-electron chi connectivity index (χ0n) is 18.1. The van der Waals surface area contributed by atoms with Gasteiger partial charge in [0.25, 0.3) is 0 Å². The van der Waals surface area contributed by atoms with E-state index in [-0.39, 0.29) is 16.9 Å². The molecular formula is C25H32N2OS. The van der Waals surface area contributed by atoms with Gasteiger partial charge in [-0.2, -0.15) is 5.26 Å². The van der Waals surface area contributed by atoms with E-state index in [0.29, 0.717) is 17.8 Å². The maximum absolute atomic E-state index is 10.2. The Balaban J connectivity index is 1.59. The van der Waals surface area contributed by atoms with Crippen LogP contribution < -0.4 is 0 Å². The van der Waals surface area contributed by atoms with Gasteiger partial charge in [-0.25, -0.2) is 4.98 Å². The Labute approximate surface area is 179 Å². The van der Waals surface area contributed by atoms with Gasteiger partial charge in [-0.05, 0) is 97.8 Å². The first kappa shape index (κ1) is 19.6. The summed E-state index contributed by atoms with van der Waals surface area (Å²) in [6, 6.07) is 2.51. The van der Waals surface area contributed by atoms with Gasteiger partial charge in [0.2, 0.25) is 0 Å². The Morgan fingerprint density at radius 2 is 1.93 bits per heavy atom. The molecule has 6 atom stereocenters. The van der Waals surface area contributed by atoms with Crippen LogP contribution in [0.25, 0.3) is 0 Å². The molecule has 0 unspecified atom stereocenters. The van der Waals surface area contributed by atoms with Crippen LogP contribution in [-0.2, 0) is 11.8 Å². The maximum atomic E-state index is 10.2. The number of aryl methyl sites for hydroxylation is 1. The molecule has 0 aromatic carbocycles. The van der Waals surface area contributed by atoms with Crippen LogP contribution in [0.2, 0.25) is 0 Å². The van der Waals surface area contributed by atoms with Gasteiger partial charge in [0.15, 0.2) is 0 Å². The fraction of sp³-hybridized carbons (Fsp3) is 0.680. The van der Waals surface area contributed by atoms with Gasteiger partial charge in [0, 0.05) is 5.69 Å². The SMILES string of the molecule is CSc1nc(C)c2c(c1C#N)C[C@H]1[C@H]3CC=C4C[C@@H](O)CC[C@]4(C)[C@@H]3CC[C@]21C. The van der Waals surface area contributed by atoms with Crippen LogP contribution in [0.15, 0.2) is 16.7 Å². The van der Waals surface area contributed by atoms with Crippen molar-refractivity contribution in [1.29, 1.82) is 5.26 Å². The largest absolute Gasteiger partial charge is 0.393 e. The molecule has 0 bridgehead atoms. The average Bonchev–Trinajstić information content (AvgIpc) is 3.02. The Bertz CT molecular complexity index is 947. The number of nitrogens with zero attached hydrogens (tertiary/aromatic N) is 2. The van der Waals surface area contributed by atoms with E-state index in [9.17, 15) is 10.4 Å². The van der Waals surface area contributed by atoms with E-state index < -0.39 is 0 Å². The number of hydrogen-bond acceptors (Lipinski definition) is 4. The highest BCUT2D eigenvalue weighted by atomic mass is 32.2. The van der Waals surface area contributed by atoms with Crippen molar-refractivity contribution in [2.45, 2.75) is 82.3 Å². The molecule has 4 aliphatic carbocycles. The second-order valence-electron chi connectivity index (χ2n) is 10.4. The first-order valence-electron chi connectivity index (χ1n) is 11.2. The highest BCUT2D eigenvalue weighted by molar-refractivity contribution is 7.98. The first-order chi connectivity index (χ1) is 13.8. The van der Waals surface area contributed by atoms with Crippen molar-refractivity contribution in [3.8, 4) is 6.07 Å². The van der Waals surface area contributed by atoms with Crippen molar-refractivity contribution in [1.82, 2.24) is 4.98 Å². The molecule has 1 aromatic heterocycles. The Kier molecular flexibility index (Phi) is 4.47. The minimum Gasteiger partial charge on any atom is -0.393 e. The van der Waals surface area contributed by atoms with E-state index in [1.807, 2.05) is 6.26 Å². The predicted molar refractivity (Wildman–Crippen MR) is 117 cm³/mol.